The zero-order chi connectivity index (χ0) is 26.3. The second kappa shape index (κ2) is 12.2. The highest BCUT2D eigenvalue weighted by atomic mass is 32.2. The van der Waals surface area contributed by atoms with E-state index in [1.807, 2.05) is 19.1 Å². The molecular formula is C24H36N4O6S2. The van der Waals surface area contributed by atoms with Crippen LogP contribution in [0.2, 0.25) is 0 Å². The number of nitrogens with one attached hydrogen (secondary N) is 3. The Morgan fingerprint density at radius 3 is 2.33 bits per heavy atom. The molecule has 1 aliphatic rings. The maximum absolute atomic E-state index is 12.4. The van der Waals surface area contributed by atoms with Crippen LogP contribution in [0.15, 0.2) is 47.4 Å². The molecule has 12 heteroatoms. The highest BCUT2D eigenvalue weighted by molar-refractivity contribution is 7.92. The van der Waals surface area contributed by atoms with Crippen molar-refractivity contribution in [1.82, 2.24) is 10.0 Å². The monoisotopic (exact) mass is 540 g/mol. The molecule has 5 N–H and O–H groups in total. The van der Waals surface area contributed by atoms with E-state index in [-0.39, 0.29) is 28.9 Å². The number of nitrogens with zero attached hydrogens (tertiary/aromatic N) is 1. The number of unbranched alkanes of at least 4 members (excludes halogenated alkanes) is 1. The molecule has 0 aliphatic carbocycles. The molecule has 0 bridgehead atoms. The molecule has 1 atom stereocenters. The van der Waals surface area contributed by atoms with Crippen molar-refractivity contribution in [1.29, 1.82) is 0 Å². The number of aliphatic hydroxyl groups excluding tert-OH is 1. The van der Waals surface area contributed by atoms with Crippen molar-refractivity contribution in [3.05, 3.63) is 48.0 Å². The normalized spacial score (nSPS) is 16.1. The molecular weight excluding hydrogens is 504 g/mol. The lowest BCUT2D eigenvalue weighted by molar-refractivity contribution is 0.167. The lowest BCUT2D eigenvalue weighted by Crippen LogP contribution is -2.43. The molecule has 36 heavy (non-hydrogen) atoms. The summed E-state index contributed by atoms with van der Waals surface area (Å²) in [6.07, 6.45) is 3.54. The van der Waals surface area contributed by atoms with E-state index in [0.29, 0.717) is 12.1 Å². The molecule has 0 saturated carbocycles. The molecule has 1 saturated heterocycles. The minimum absolute atomic E-state index is 0.0258. The van der Waals surface area contributed by atoms with Crippen LogP contribution in [-0.4, -0.2) is 65.5 Å². The van der Waals surface area contributed by atoms with Crippen molar-refractivity contribution in [3.8, 4) is 5.75 Å². The fourth-order valence-electron chi connectivity index (χ4n) is 4.08. The fraction of sp³-hybridized carbons (Fsp3) is 0.500. The van der Waals surface area contributed by atoms with Gasteiger partial charge in [0.1, 0.15) is 5.75 Å². The molecule has 2 aromatic rings. The summed E-state index contributed by atoms with van der Waals surface area (Å²) in [4.78, 5) is 2.47. The van der Waals surface area contributed by atoms with Crippen LogP contribution in [0.3, 0.4) is 0 Å². The van der Waals surface area contributed by atoms with Crippen LogP contribution >= 0.6 is 0 Å². The van der Waals surface area contributed by atoms with Crippen molar-refractivity contribution in [2.45, 2.75) is 49.6 Å². The lowest BCUT2D eigenvalue weighted by Gasteiger charge is -2.34. The maximum atomic E-state index is 12.4. The Hall–Kier alpha value is -2.38. The fourth-order valence-corrected chi connectivity index (χ4v) is 5.72. The summed E-state index contributed by atoms with van der Waals surface area (Å²) in [5, 5.41) is 23.8. The molecule has 1 aliphatic heterocycles. The van der Waals surface area contributed by atoms with Crippen molar-refractivity contribution in [3.63, 3.8) is 0 Å². The topological polar surface area (TPSA) is 148 Å². The first-order valence-corrected chi connectivity index (χ1v) is 15.4. The van der Waals surface area contributed by atoms with Crippen LogP contribution in [0.1, 0.15) is 44.3 Å². The van der Waals surface area contributed by atoms with E-state index in [9.17, 15) is 27.0 Å². The largest absolute Gasteiger partial charge is 0.506 e. The number of piperidine rings is 1. The van der Waals surface area contributed by atoms with Crippen LogP contribution in [0.4, 0.5) is 11.4 Å². The Labute approximate surface area is 213 Å². The average Bonchev–Trinajstić information content (AvgIpc) is 2.83. The van der Waals surface area contributed by atoms with Gasteiger partial charge in [-0.15, -0.1) is 0 Å². The second-order valence-corrected chi connectivity index (χ2v) is 12.6. The van der Waals surface area contributed by atoms with Gasteiger partial charge in [0.2, 0.25) is 20.0 Å². The van der Waals surface area contributed by atoms with Gasteiger partial charge < -0.3 is 20.4 Å². The molecule has 1 heterocycles. The molecule has 0 amide bonds. The highest BCUT2D eigenvalue weighted by Gasteiger charge is 2.21. The summed E-state index contributed by atoms with van der Waals surface area (Å²) in [6, 6.07) is 11.5. The first-order chi connectivity index (χ1) is 17.0. The van der Waals surface area contributed by atoms with E-state index in [2.05, 4.69) is 19.7 Å². The third-order valence-corrected chi connectivity index (χ3v) is 8.20. The maximum Gasteiger partial charge on any atom is 0.240 e. The van der Waals surface area contributed by atoms with Gasteiger partial charge in [0.25, 0.3) is 0 Å². The molecule has 3 rings (SSSR count). The average molecular weight is 541 g/mol. The summed E-state index contributed by atoms with van der Waals surface area (Å²) >= 11 is 0. The first kappa shape index (κ1) is 28.2. The van der Waals surface area contributed by atoms with Crippen molar-refractivity contribution in [2.24, 2.45) is 0 Å². The molecule has 10 nitrogen and oxygen atoms in total. The minimum Gasteiger partial charge on any atom is -0.506 e. The Bertz CT molecular complexity index is 1210. The summed E-state index contributed by atoms with van der Waals surface area (Å²) in [5.74, 6) is -0.213. The van der Waals surface area contributed by atoms with E-state index in [0.717, 1.165) is 50.7 Å². The molecule has 0 unspecified atom stereocenters. The SMILES string of the molecule is CCCCNS(=O)(=O)c1ccc(N2CCC(NC[C@H](O)c3ccc(O)c(NS(C)(=O)=O)c3)CC2)cc1. The van der Waals surface area contributed by atoms with E-state index in [1.54, 1.807) is 18.2 Å². The number of benzene rings is 2. The van der Waals surface area contributed by atoms with Gasteiger partial charge in [0.15, 0.2) is 0 Å². The summed E-state index contributed by atoms with van der Waals surface area (Å²) < 4.78 is 52.5. The molecule has 0 aromatic heterocycles. The number of hydrogen-bond acceptors (Lipinski definition) is 8. The number of rotatable bonds is 12. The van der Waals surface area contributed by atoms with Crippen LogP contribution in [-0.2, 0) is 20.0 Å². The van der Waals surface area contributed by atoms with Crippen molar-refractivity contribution < 1.29 is 27.0 Å². The molecule has 0 spiro atoms. The van der Waals surface area contributed by atoms with E-state index >= 15 is 0 Å². The Balaban J connectivity index is 1.49. The molecule has 0 radical (unpaired) electrons. The highest BCUT2D eigenvalue weighted by Crippen LogP contribution is 2.28. The standard InChI is InChI=1S/C24H36N4O6S2/c1-3-4-13-26-36(33,34)21-8-6-20(7-9-21)28-14-11-19(12-15-28)25-17-24(30)18-5-10-23(29)22(16-18)27-35(2,31)32/h5-10,16,19,24-27,29-30H,3-4,11-15,17H2,1-2H3/t24-/m0/s1. The third kappa shape index (κ3) is 8.07. The zero-order valence-corrected chi connectivity index (χ0v) is 22.3. The van der Waals surface area contributed by atoms with Gasteiger partial charge in [-0.05, 0) is 61.2 Å². The summed E-state index contributed by atoms with van der Waals surface area (Å²) in [5.41, 5.74) is 1.48. The quantitative estimate of drug-likeness (QED) is 0.203. The number of phenolic OH excluding ortho intramolecular Hbond substituents is 1. The predicted molar refractivity (Wildman–Crippen MR) is 141 cm³/mol. The Morgan fingerprint density at radius 1 is 1.06 bits per heavy atom. The Kier molecular flexibility index (Phi) is 9.59. The van der Waals surface area contributed by atoms with Crippen LogP contribution < -0.4 is 19.7 Å². The smallest absolute Gasteiger partial charge is 0.240 e. The van der Waals surface area contributed by atoms with Gasteiger partial charge in [-0.25, -0.2) is 21.6 Å². The van der Waals surface area contributed by atoms with Gasteiger partial charge >= 0.3 is 0 Å². The summed E-state index contributed by atoms with van der Waals surface area (Å²) in [7, 11) is -7.05. The lowest BCUT2D eigenvalue weighted by atomic mass is 10.0. The van der Waals surface area contributed by atoms with Crippen molar-refractivity contribution in [2.75, 3.05) is 42.1 Å². The van der Waals surface area contributed by atoms with E-state index in [4.69, 9.17) is 0 Å². The van der Waals surface area contributed by atoms with E-state index < -0.39 is 26.2 Å². The predicted octanol–water partition coefficient (Wildman–Crippen LogP) is 2.13. The Morgan fingerprint density at radius 2 is 1.72 bits per heavy atom. The van der Waals surface area contributed by atoms with Crippen molar-refractivity contribution >= 4 is 31.4 Å². The first-order valence-electron chi connectivity index (χ1n) is 12.1. The number of anilines is 2. The van der Waals surface area contributed by atoms with Gasteiger partial charge in [-0.2, -0.15) is 0 Å². The number of aliphatic hydroxyl groups is 1. The van der Waals surface area contributed by atoms with E-state index in [1.165, 1.54) is 12.1 Å². The number of sulfonamides is 2. The molecule has 200 valence electrons. The van der Waals surface area contributed by atoms with Crippen LogP contribution in [0.25, 0.3) is 0 Å². The van der Waals surface area contributed by atoms with Gasteiger partial charge in [0.05, 0.1) is 22.9 Å². The number of hydrogen-bond donors (Lipinski definition) is 5. The third-order valence-electron chi connectivity index (χ3n) is 6.13. The van der Waals surface area contributed by atoms with Crippen LogP contribution in [0, 0.1) is 0 Å². The summed E-state index contributed by atoms with van der Waals surface area (Å²) in [6.45, 7) is 4.30. The minimum atomic E-state index is -3.56. The number of aromatic hydroxyl groups is 1. The van der Waals surface area contributed by atoms with Gasteiger partial charge in [-0.1, -0.05) is 19.4 Å². The second-order valence-electron chi connectivity index (χ2n) is 9.08. The van der Waals surface area contributed by atoms with Gasteiger partial charge in [0, 0.05) is 37.9 Å². The molecule has 2 aromatic carbocycles. The van der Waals surface area contributed by atoms with Crippen LogP contribution in [0.5, 0.6) is 5.75 Å². The van der Waals surface area contributed by atoms with Gasteiger partial charge in [-0.3, -0.25) is 4.72 Å². The molecule has 1 fully saturated rings. The zero-order valence-electron chi connectivity index (χ0n) is 20.6. The number of phenols is 1.